The van der Waals surface area contributed by atoms with Crippen LogP contribution in [0.15, 0.2) is 24.3 Å². The fourth-order valence-corrected chi connectivity index (χ4v) is 3.10. The summed E-state index contributed by atoms with van der Waals surface area (Å²) in [5.41, 5.74) is 1.16. The number of hydrogen-bond donors (Lipinski definition) is 1. The summed E-state index contributed by atoms with van der Waals surface area (Å²) < 4.78 is 0. The summed E-state index contributed by atoms with van der Waals surface area (Å²) in [7, 11) is 1.74. The lowest BCUT2D eigenvalue weighted by Crippen LogP contribution is -2.48. The van der Waals surface area contributed by atoms with Crippen LogP contribution in [0, 0.1) is 17.2 Å². The Bertz CT molecular complexity index is 658. The number of amides is 2. The Morgan fingerprint density at radius 2 is 2.23 bits per heavy atom. The van der Waals surface area contributed by atoms with Gasteiger partial charge in [-0.2, -0.15) is 5.26 Å². The minimum atomic E-state index is -0.574. The van der Waals surface area contributed by atoms with Crippen LogP contribution in [0.2, 0.25) is 0 Å². The highest BCUT2D eigenvalue weighted by molar-refractivity contribution is 6.01. The van der Waals surface area contributed by atoms with E-state index in [0.29, 0.717) is 12.0 Å². The van der Waals surface area contributed by atoms with Crippen LogP contribution in [-0.2, 0) is 15.1 Å². The van der Waals surface area contributed by atoms with Gasteiger partial charge in [0.05, 0.1) is 17.2 Å². The minimum Gasteiger partial charge on any atom is -0.346 e. The van der Waals surface area contributed by atoms with Crippen LogP contribution in [0.5, 0.6) is 0 Å². The van der Waals surface area contributed by atoms with Crippen molar-refractivity contribution in [3.05, 3.63) is 35.4 Å². The van der Waals surface area contributed by atoms with Gasteiger partial charge >= 0.3 is 0 Å². The molecule has 0 spiro atoms. The standard InChI is InChI=1S/C17H19N3O2/c1-20-9-3-6-14(16(20)22)15(21)19-17(7-8-17)13-5-2-4-12(10-13)11-18/h2,4-5,10,14H,3,6-9H2,1H3,(H,19,21)/t14-/m0/s1. The van der Waals surface area contributed by atoms with Crippen molar-refractivity contribution in [2.75, 3.05) is 13.6 Å². The van der Waals surface area contributed by atoms with Crippen LogP contribution in [0.3, 0.4) is 0 Å². The van der Waals surface area contributed by atoms with Gasteiger partial charge in [-0.15, -0.1) is 0 Å². The molecule has 3 rings (SSSR count). The van der Waals surface area contributed by atoms with Gasteiger partial charge < -0.3 is 10.2 Å². The highest BCUT2D eigenvalue weighted by Gasteiger charge is 2.47. The smallest absolute Gasteiger partial charge is 0.234 e. The minimum absolute atomic E-state index is 0.0923. The monoisotopic (exact) mass is 297 g/mol. The Labute approximate surface area is 129 Å². The summed E-state index contributed by atoms with van der Waals surface area (Å²) >= 11 is 0. The third kappa shape index (κ3) is 2.57. The lowest BCUT2D eigenvalue weighted by Gasteiger charge is -2.30. The molecule has 1 heterocycles. The molecule has 5 nitrogen and oxygen atoms in total. The molecular formula is C17H19N3O2. The highest BCUT2D eigenvalue weighted by Crippen LogP contribution is 2.46. The van der Waals surface area contributed by atoms with E-state index in [1.54, 1.807) is 18.0 Å². The second-order valence-electron chi connectivity index (χ2n) is 6.22. The van der Waals surface area contributed by atoms with Crippen molar-refractivity contribution in [3.63, 3.8) is 0 Å². The number of likely N-dealkylation sites (tertiary alicyclic amines) is 1. The van der Waals surface area contributed by atoms with Gasteiger partial charge in [-0.25, -0.2) is 0 Å². The number of nitrogens with one attached hydrogen (secondary N) is 1. The van der Waals surface area contributed by atoms with Gasteiger partial charge in [0.25, 0.3) is 0 Å². The summed E-state index contributed by atoms with van der Waals surface area (Å²) in [4.78, 5) is 26.3. The van der Waals surface area contributed by atoms with E-state index < -0.39 is 5.92 Å². The van der Waals surface area contributed by atoms with E-state index >= 15 is 0 Å². The topological polar surface area (TPSA) is 73.2 Å². The maximum Gasteiger partial charge on any atom is 0.234 e. The zero-order valence-corrected chi connectivity index (χ0v) is 12.6. The molecule has 1 aromatic rings. The molecule has 1 N–H and O–H groups in total. The third-order valence-corrected chi connectivity index (χ3v) is 4.63. The molecule has 0 radical (unpaired) electrons. The number of carbonyl (C=O) groups excluding carboxylic acids is 2. The molecule has 0 unspecified atom stereocenters. The number of nitrogens with zero attached hydrogens (tertiary/aromatic N) is 2. The molecule has 0 aromatic heterocycles. The molecule has 1 saturated heterocycles. The van der Waals surface area contributed by atoms with E-state index in [9.17, 15) is 9.59 Å². The Hall–Kier alpha value is -2.35. The Morgan fingerprint density at radius 1 is 1.45 bits per heavy atom. The second-order valence-corrected chi connectivity index (χ2v) is 6.22. The number of benzene rings is 1. The van der Waals surface area contributed by atoms with Crippen LogP contribution in [0.1, 0.15) is 36.8 Å². The van der Waals surface area contributed by atoms with Crippen LogP contribution in [0.4, 0.5) is 0 Å². The normalized spacial score (nSPS) is 22.8. The molecule has 2 aliphatic rings. The van der Waals surface area contributed by atoms with Gasteiger partial charge in [0.2, 0.25) is 11.8 Å². The van der Waals surface area contributed by atoms with Gasteiger partial charge in [-0.05, 0) is 43.4 Å². The van der Waals surface area contributed by atoms with Crippen molar-refractivity contribution in [3.8, 4) is 6.07 Å². The van der Waals surface area contributed by atoms with Crippen LogP contribution in [0.25, 0.3) is 0 Å². The highest BCUT2D eigenvalue weighted by atomic mass is 16.2. The number of nitriles is 1. The summed E-state index contributed by atoms with van der Waals surface area (Å²) in [5, 5.41) is 12.1. The molecule has 1 atom stereocenters. The van der Waals surface area contributed by atoms with E-state index in [0.717, 1.165) is 31.4 Å². The summed E-state index contributed by atoms with van der Waals surface area (Å²) in [6.07, 6.45) is 3.18. The van der Waals surface area contributed by atoms with Crippen molar-refractivity contribution < 1.29 is 9.59 Å². The van der Waals surface area contributed by atoms with Crippen LogP contribution < -0.4 is 5.32 Å². The van der Waals surface area contributed by atoms with Crippen molar-refractivity contribution in [2.45, 2.75) is 31.2 Å². The van der Waals surface area contributed by atoms with Gasteiger partial charge in [-0.1, -0.05) is 12.1 Å². The van der Waals surface area contributed by atoms with Gasteiger partial charge in [0.15, 0.2) is 0 Å². The Kier molecular flexibility index (Phi) is 3.61. The predicted molar refractivity (Wildman–Crippen MR) is 80.6 cm³/mol. The number of rotatable bonds is 3. The first-order valence-corrected chi connectivity index (χ1v) is 7.63. The average molecular weight is 297 g/mol. The maximum atomic E-state index is 12.5. The largest absolute Gasteiger partial charge is 0.346 e. The second kappa shape index (κ2) is 5.45. The molecule has 2 fully saturated rings. The first kappa shape index (κ1) is 14.6. The Balaban J connectivity index is 1.76. The fraction of sp³-hybridized carbons (Fsp3) is 0.471. The maximum absolute atomic E-state index is 12.5. The lowest BCUT2D eigenvalue weighted by molar-refractivity contribution is -0.144. The van der Waals surface area contributed by atoms with Crippen molar-refractivity contribution >= 4 is 11.8 Å². The average Bonchev–Trinajstić information content (AvgIpc) is 3.31. The van der Waals surface area contributed by atoms with Gasteiger partial charge in [-0.3, -0.25) is 9.59 Å². The van der Waals surface area contributed by atoms with E-state index in [2.05, 4.69) is 11.4 Å². The molecule has 22 heavy (non-hydrogen) atoms. The zero-order chi connectivity index (χ0) is 15.7. The summed E-state index contributed by atoms with van der Waals surface area (Å²) in [5.74, 6) is -0.850. The van der Waals surface area contributed by atoms with Crippen molar-refractivity contribution in [1.82, 2.24) is 10.2 Å². The molecule has 114 valence electrons. The van der Waals surface area contributed by atoms with Gasteiger partial charge in [0, 0.05) is 13.6 Å². The Morgan fingerprint density at radius 3 is 2.91 bits per heavy atom. The third-order valence-electron chi connectivity index (χ3n) is 4.63. The molecule has 1 aliphatic heterocycles. The molecule has 5 heteroatoms. The number of hydrogen-bond acceptors (Lipinski definition) is 3. The molecule has 1 saturated carbocycles. The van der Waals surface area contributed by atoms with E-state index in [4.69, 9.17) is 5.26 Å². The molecular weight excluding hydrogens is 278 g/mol. The van der Waals surface area contributed by atoms with E-state index in [-0.39, 0.29) is 17.4 Å². The summed E-state index contributed by atoms with van der Waals surface area (Å²) in [6, 6.07) is 9.46. The van der Waals surface area contributed by atoms with Crippen molar-refractivity contribution in [1.29, 1.82) is 5.26 Å². The first-order chi connectivity index (χ1) is 10.6. The van der Waals surface area contributed by atoms with Crippen LogP contribution in [-0.4, -0.2) is 30.3 Å². The zero-order valence-electron chi connectivity index (χ0n) is 12.6. The first-order valence-electron chi connectivity index (χ1n) is 7.63. The summed E-state index contributed by atoms with van der Waals surface area (Å²) in [6.45, 7) is 0.720. The molecule has 2 amide bonds. The van der Waals surface area contributed by atoms with Gasteiger partial charge in [0.1, 0.15) is 5.92 Å². The van der Waals surface area contributed by atoms with Crippen molar-refractivity contribution in [2.24, 2.45) is 5.92 Å². The van der Waals surface area contributed by atoms with E-state index in [1.807, 2.05) is 18.2 Å². The molecule has 1 aromatic carbocycles. The van der Waals surface area contributed by atoms with E-state index in [1.165, 1.54) is 0 Å². The van der Waals surface area contributed by atoms with Crippen LogP contribution >= 0.6 is 0 Å². The number of carbonyl (C=O) groups is 2. The SMILES string of the molecule is CN1CCC[C@@H](C(=O)NC2(c3cccc(C#N)c3)CC2)C1=O. The fourth-order valence-electron chi connectivity index (χ4n) is 3.10. The molecule has 0 bridgehead atoms. The number of piperidine rings is 1. The lowest BCUT2D eigenvalue weighted by atomic mass is 9.95. The molecule has 1 aliphatic carbocycles. The predicted octanol–water partition coefficient (Wildman–Crippen LogP) is 1.53. The quantitative estimate of drug-likeness (QED) is 0.860.